The van der Waals surface area contributed by atoms with E-state index < -0.39 is 0 Å². The highest BCUT2D eigenvalue weighted by Gasteiger charge is 2.25. The second-order valence-corrected chi connectivity index (χ2v) is 5.10. The smallest absolute Gasteiger partial charge is 0.0740 e. The first-order valence-electron chi connectivity index (χ1n) is 5.71. The summed E-state index contributed by atoms with van der Waals surface area (Å²) in [6.07, 6.45) is 2.04. The normalized spacial score (nSPS) is 18.0. The molecule has 86 valence electrons. The first-order chi connectivity index (χ1) is 7.66. The van der Waals surface area contributed by atoms with Crippen LogP contribution in [0.1, 0.15) is 23.5 Å². The molecular weight excluding hydrogens is 216 g/mol. The van der Waals surface area contributed by atoms with Crippen LogP contribution in [0, 0.1) is 0 Å². The third kappa shape index (κ3) is 2.60. The van der Waals surface area contributed by atoms with E-state index in [1.165, 1.54) is 17.5 Å². The number of thiocarbonyl (C=S) groups is 1. The maximum atomic E-state index is 5.50. The summed E-state index contributed by atoms with van der Waals surface area (Å²) < 4.78 is 0. The predicted octanol–water partition coefficient (Wildman–Crippen LogP) is 1.93. The highest BCUT2D eigenvalue weighted by Crippen LogP contribution is 2.34. The number of benzene rings is 1. The van der Waals surface area contributed by atoms with Crippen molar-refractivity contribution in [3.05, 3.63) is 35.4 Å². The first-order valence-corrected chi connectivity index (χ1v) is 6.12. The molecule has 0 amide bonds. The van der Waals surface area contributed by atoms with Crippen molar-refractivity contribution in [2.24, 2.45) is 5.73 Å². The molecule has 1 aliphatic rings. The Labute approximate surface area is 102 Å². The maximum absolute atomic E-state index is 5.50. The molecule has 0 aliphatic heterocycles. The van der Waals surface area contributed by atoms with Gasteiger partial charge in [0.05, 0.1) is 4.99 Å². The zero-order valence-corrected chi connectivity index (χ0v) is 10.5. The molecule has 0 saturated heterocycles. The Morgan fingerprint density at radius 2 is 2.25 bits per heavy atom. The van der Waals surface area contributed by atoms with E-state index in [-0.39, 0.29) is 0 Å². The molecule has 16 heavy (non-hydrogen) atoms. The van der Waals surface area contributed by atoms with E-state index in [2.05, 4.69) is 36.2 Å². The minimum atomic E-state index is 0.612. The van der Waals surface area contributed by atoms with Crippen molar-refractivity contribution < 1.29 is 0 Å². The van der Waals surface area contributed by atoms with Gasteiger partial charge >= 0.3 is 0 Å². The van der Waals surface area contributed by atoms with Crippen LogP contribution in [0.5, 0.6) is 0 Å². The van der Waals surface area contributed by atoms with Crippen LogP contribution < -0.4 is 5.73 Å². The standard InChI is InChI=1S/C13H18N2S/c1-15(7-6-13(14)16)9-11-8-10-4-2-3-5-12(10)11/h2-5,11H,6-9H2,1H3,(H2,14,16). The summed E-state index contributed by atoms with van der Waals surface area (Å²) in [6.45, 7) is 2.08. The van der Waals surface area contributed by atoms with Gasteiger partial charge in [0.2, 0.25) is 0 Å². The van der Waals surface area contributed by atoms with Crippen molar-refractivity contribution in [2.75, 3.05) is 20.1 Å². The van der Waals surface area contributed by atoms with E-state index in [0.717, 1.165) is 19.5 Å². The van der Waals surface area contributed by atoms with Crippen molar-refractivity contribution in [1.29, 1.82) is 0 Å². The molecule has 1 aliphatic carbocycles. The molecule has 2 N–H and O–H groups in total. The maximum Gasteiger partial charge on any atom is 0.0740 e. The predicted molar refractivity (Wildman–Crippen MR) is 71.8 cm³/mol. The molecule has 1 atom stereocenters. The van der Waals surface area contributed by atoms with E-state index in [1.54, 1.807) is 0 Å². The molecule has 2 rings (SSSR count). The molecular formula is C13H18N2S. The van der Waals surface area contributed by atoms with Gasteiger partial charge in [-0.15, -0.1) is 0 Å². The first kappa shape index (κ1) is 11.6. The Balaban J connectivity index is 1.82. The Hall–Kier alpha value is -0.930. The summed E-state index contributed by atoms with van der Waals surface area (Å²) >= 11 is 4.88. The van der Waals surface area contributed by atoms with Crippen LogP contribution in [-0.4, -0.2) is 30.0 Å². The summed E-state index contributed by atoms with van der Waals surface area (Å²) in [4.78, 5) is 2.93. The van der Waals surface area contributed by atoms with Crippen molar-refractivity contribution in [3.8, 4) is 0 Å². The van der Waals surface area contributed by atoms with Gasteiger partial charge in [0.1, 0.15) is 0 Å². The van der Waals surface area contributed by atoms with Crippen molar-refractivity contribution >= 4 is 17.2 Å². The van der Waals surface area contributed by atoms with Crippen LogP contribution in [-0.2, 0) is 6.42 Å². The molecule has 0 fully saturated rings. The highest BCUT2D eigenvalue weighted by atomic mass is 32.1. The number of fused-ring (bicyclic) bond motifs is 1. The Bertz CT molecular complexity index is 389. The molecule has 0 saturated carbocycles. The summed E-state index contributed by atoms with van der Waals surface area (Å²) in [5.74, 6) is 0.701. The van der Waals surface area contributed by atoms with Crippen molar-refractivity contribution in [2.45, 2.75) is 18.8 Å². The average molecular weight is 234 g/mol. The second kappa shape index (κ2) is 4.93. The molecule has 0 spiro atoms. The number of hydrogen-bond acceptors (Lipinski definition) is 2. The van der Waals surface area contributed by atoms with Crippen molar-refractivity contribution in [3.63, 3.8) is 0 Å². The summed E-state index contributed by atoms with van der Waals surface area (Å²) in [7, 11) is 2.14. The molecule has 1 aromatic carbocycles. The molecule has 0 radical (unpaired) electrons. The third-order valence-electron chi connectivity index (χ3n) is 3.23. The van der Waals surface area contributed by atoms with Gasteiger partial charge in [-0.2, -0.15) is 0 Å². The second-order valence-electron chi connectivity index (χ2n) is 4.58. The van der Waals surface area contributed by atoms with Gasteiger partial charge in [-0.1, -0.05) is 36.5 Å². The van der Waals surface area contributed by atoms with Gasteiger partial charge in [-0.25, -0.2) is 0 Å². The van der Waals surface area contributed by atoms with Crippen LogP contribution in [0.3, 0.4) is 0 Å². The monoisotopic (exact) mass is 234 g/mol. The summed E-state index contributed by atoms with van der Waals surface area (Å²) in [5, 5.41) is 0. The van der Waals surface area contributed by atoms with Gasteiger partial charge in [0.25, 0.3) is 0 Å². The molecule has 0 bridgehead atoms. The van der Waals surface area contributed by atoms with Crippen LogP contribution in [0.25, 0.3) is 0 Å². The van der Waals surface area contributed by atoms with Gasteiger partial charge in [-0.3, -0.25) is 0 Å². The Morgan fingerprint density at radius 3 is 2.94 bits per heavy atom. The molecule has 3 heteroatoms. The van der Waals surface area contributed by atoms with Gasteiger partial charge in [-0.05, 0) is 24.6 Å². The number of hydrogen-bond donors (Lipinski definition) is 1. The number of likely N-dealkylation sites (N-methyl/N-ethyl adjacent to an activating group) is 1. The summed E-state index contributed by atoms with van der Waals surface area (Å²) in [5.41, 5.74) is 8.53. The van der Waals surface area contributed by atoms with Crippen LogP contribution in [0.15, 0.2) is 24.3 Å². The minimum absolute atomic E-state index is 0.612. The fraction of sp³-hybridized carbons (Fsp3) is 0.462. The highest BCUT2D eigenvalue weighted by molar-refractivity contribution is 7.80. The number of rotatable bonds is 5. The van der Waals surface area contributed by atoms with E-state index >= 15 is 0 Å². The fourth-order valence-corrected chi connectivity index (χ4v) is 2.39. The zero-order chi connectivity index (χ0) is 11.5. The van der Waals surface area contributed by atoms with Gasteiger partial charge in [0, 0.05) is 25.4 Å². The van der Waals surface area contributed by atoms with Crippen LogP contribution in [0.4, 0.5) is 0 Å². The molecule has 0 aromatic heterocycles. The number of nitrogens with two attached hydrogens (primary N) is 1. The van der Waals surface area contributed by atoms with E-state index in [9.17, 15) is 0 Å². The lowest BCUT2D eigenvalue weighted by Gasteiger charge is -2.33. The van der Waals surface area contributed by atoms with E-state index in [4.69, 9.17) is 18.0 Å². The minimum Gasteiger partial charge on any atom is -0.393 e. The largest absolute Gasteiger partial charge is 0.393 e. The molecule has 0 heterocycles. The lowest BCUT2D eigenvalue weighted by molar-refractivity contribution is 0.307. The Morgan fingerprint density at radius 1 is 1.50 bits per heavy atom. The topological polar surface area (TPSA) is 29.3 Å². The summed E-state index contributed by atoms with van der Waals surface area (Å²) in [6, 6.07) is 8.71. The molecule has 1 unspecified atom stereocenters. The van der Waals surface area contributed by atoms with Gasteiger partial charge < -0.3 is 10.6 Å². The van der Waals surface area contributed by atoms with Crippen LogP contribution in [0.2, 0.25) is 0 Å². The quantitative estimate of drug-likeness (QED) is 0.789. The lowest BCUT2D eigenvalue weighted by Crippen LogP contribution is -2.32. The zero-order valence-electron chi connectivity index (χ0n) is 9.65. The average Bonchev–Trinajstić information content (AvgIpc) is 2.23. The SMILES string of the molecule is CN(CCC(N)=S)CC1Cc2ccccc21. The Kier molecular flexibility index (Phi) is 3.56. The molecule has 1 aromatic rings. The third-order valence-corrected chi connectivity index (χ3v) is 3.44. The fourth-order valence-electron chi connectivity index (χ4n) is 2.29. The van der Waals surface area contributed by atoms with E-state index in [1.807, 2.05) is 0 Å². The molecule has 2 nitrogen and oxygen atoms in total. The number of nitrogens with zero attached hydrogens (tertiary/aromatic N) is 1. The lowest BCUT2D eigenvalue weighted by atomic mass is 9.77. The van der Waals surface area contributed by atoms with E-state index in [0.29, 0.717) is 10.9 Å². The van der Waals surface area contributed by atoms with Crippen molar-refractivity contribution in [1.82, 2.24) is 4.90 Å². The van der Waals surface area contributed by atoms with Crippen LogP contribution >= 0.6 is 12.2 Å². The van der Waals surface area contributed by atoms with Gasteiger partial charge in [0.15, 0.2) is 0 Å².